The highest BCUT2D eigenvalue weighted by Crippen LogP contribution is 2.47. The van der Waals surface area contributed by atoms with Crippen LogP contribution in [0.3, 0.4) is 0 Å². The summed E-state index contributed by atoms with van der Waals surface area (Å²) in [6.07, 6.45) is 0.747. The Morgan fingerprint density at radius 3 is 2.05 bits per heavy atom. The van der Waals surface area contributed by atoms with Crippen LogP contribution in [-0.2, 0) is 0 Å². The fourth-order valence-electron chi connectivity index (χ4n) is 3.04. The van der Waals surface area contributed by atoms with Crippen LogP contribution in [0, 0.1) is 5.82 Å². The zero-order chi connectivity index (χ0) is 14.6. The molecule has 2 atom stereocenters. The number of nitrogens with zero attached hydrogens (tertiary/aromatic N) is 1. The van der Waals surface area contributed by atoms with Crippen LogP contribution in [0.1, 0.15) is 38.6 Å². The summed E-state index contributed by atoms with van der Waals surface area (Å²) >= 11 is 0. The SMILES string of the molecule is O=C1c2ccccc2C(=O)N1C1C[C@H]1c1ccc(F)cc1. The number of carbonyl (C=O) groups excluding carboxylic acids is 2. The number of benzene rings is 2. The summed E-state index contributed by atoms with van der Waals surface area (Å²) in [6, 6.07) is 13.0. The molecule has 1 unspecified atom stereocenters. The smallest absolute Gasteiger partial charge is 0.261 e. The van der Waals surface area contributed by atoms with Crippen LogP contribution in [0.2, 0.25) is 0 Å². The molecule has 2 aromatic rings. The van der Waals surface area contributed by atoms with E-state index in [0.717, 1.165) is 12.0 Å². The number of rotatable bonds is 2. The first kappa shape index (κ1) is 12.3. The maximum Gasteiger partial charge on any atom is 0.261 e. The van der Waals surface area contributed by atoms with Crippen molar-refractivity contribution >= 4 is 11.8 Å². The van der Waals surface area contributed by atoms with Gasteiger partial charge in [0.15, 0.2) is 0 Å². The first-order valence-corrected chi connectivity index (χ1v) is 6.89. The highest BCUT2D eigenvalue weighted by atomic mass is 19.1. The third-order valence-electron chi connectivity index (χ3n) is 4.21. The fourth-order valence-corrected chi connectivity index (χ4v) is 3.04. The van der Waals surface area contributed by atoms with E-state index in [1.165, 1.54) is 17.0 Å². The Bertz CT molecular complexity index is 719. The Labute approximate surface area is 121 Å². The van der Waals surface area contributed by atoms with Gasteiger partial charge in [-0.05, 0) is 36.2 Å². The third kappa shape index (κ3) is 1.79. The zero-order valence-electron chi connectivity index (χ0n) is 11.1. The van der Waals surface area contributed by atoms with Crippen molar-refractivity contribution in [1.29, 1.82) is 0 Å². The minimum absolute atomic E-state index is 0.108. The predicted octanol–water partition coefficient (Wildman–Crippen LogP) is 2.98. The van der Waals surface area contributed by atoms with Gasteiger partial charge in [-0.2, -0.15) is 0 Å². The molecule has 1 aliphatic carbocycles. The zero-order valence-corrected chi connectivity index (χ0v) is 11.1. The van der Waals surface area contributed by atoms with Crippen LogP contribution < -0.4 is 0 Å². The van der Waals surface area contributed by atoms with Crippen LogP contribution in [-0.4, -0.2) is 22.8 Å². The fraction of sp³-hybridized carbons (Fsp3) is 0.176. The molecule has 0 spiro atoms. The van der Waals surface area contributed by atoms with Gasteiger partial charge in [0, 0.05) is 12.0 Å². The number of carbonyl (C=O) groups is 2. The first-order valence-electron chi connectivity index (χ1n) is 6.89. The van der Waals surface area contributed by atoms with E-state index in [-0.39, 0.29) is 29.6 Å². The molecular weight excluding hydrogens is 269 g/mol. The molecule has 3 nitrogen and oxygen atoms in total. The van der Waals surface area contributed by atoms with Crippen LogP contribution >= 0.6 is 0 Å². The summed E-state index contributed by atoms with van der Waals surface area (Å²) < 4.78 is 13.0. The molecule has 1 aliphatic heterocycles. The molecule has 0 N–H and O–H groups in total. The molecular formula is C17H12FNO2. The van der Waals surface area contributed by atoms with Gasteiger partial charge in [-0.3, -0.25) is 14.5 Å². The van der Waals surface area contributed by atoms with E-state index in [4.69, 9.17) is 0 Å². The highest BCUT2D eigenvalue weighted by molar-refractivity contribution is 6.21. The summed E-state index contributed by atoms with van der Waals surface area (Å²) in [4.78, 5) is 26.1. The molecule has 4 heteroatoms. The van der Waals surface area contributed by atoms with Gasteiger partial charge in [0.1, 0.15) is 5.82 Å². The Morgan fingerprint density at radius 2 is 1.48 bits per heavy atom. The van der Waals surface area contributed by atoms with E-state index in [1.54, 1.807) is 36.4 Å². The van der Waals surface area contributed by atoms with Gasteiger partial charge in [0.05, 0.1) is 11.1 Å². The number of hydrogen-bond acceptors (Lipinski definition) is 2. The normalized spacial score (nSPS) is 23.4. The van der Waals surface area contributed by atoms with Gasteiger partial charge in [0.2, 0.25) is 0 Å². The van der Waals surface area contributed by atoms with Gasteiger partial charge in [0.25, 0.3) is 11.8 Å². The number of halogens is 1. The van der Waals surface area contributed by atoms with Gasteiger partial charge < -0.3 is 0 Å². The number of imide groups is 1. The molecule has 2 aromatic carbocycles. The lowest BCUT2D eigenvalue weighted by Crippen LogP contribution is -2.32. The highest BCUT2D eigenvalue weighted by Gasteiger charge is 2.51. The molecule has 2 aliphatic rings. The van der Waals surface area contributed by atoms with E-state index >= 15 is 0 Å². The topological polar surface area (TPSA) is 37.4 Å². The lowest BCUT2D eigenvalue weighted by molar-refractivity contribution is 0.0639. The average molecular weight is 281 g/mol. The quantitative estimate of drug-likeness (QED) is 0.794. The van der Waals surface area contributed by atoms with Crippen LogP contribution in [0.4, 0.5) is 4.39 Å². The first-order chi connectivity index (χ1) is 10.2. The minimum Gasteiger partial charge on any atom is -0.271 e. The van der Waals surface area contributed by atoms with Gasteiger partial charge >= 0.3 is 0 Å². The molecule has 21 heavy (non-hydrogen) atoms. The van der Waals surface area contributed by atoms with Crippen molar-refractivity contribution < 1.29 is 14.0 Å². The van der Waals surface area contributed by atoms with Crippen LogP contribution in [0.15, 0.2) is 48.5 Å². The summed E-state index contributed by atoms with van der Waals surface area (Å²) in [5, 5.41) is 0. The average Bonchev–Trinajstić information content (AvgIpc) is 3.23. The van der Waals surface area contributed by atoms with E-state index in [0.29, 0.717) is 11.1 Å². The maximum absolute atomic E-state index is 13.0. The van der Waals surface area contributed by atoms with E-state index in [1.807, 2.05) is 0 Å². The lowest BCUT2D eigenvalue weighted by Gasteiger charge is -2.13. The number of amides is 2. The largest absolute Gasteiger partial charge is 0.271 e. The monoisotopic (exact) mass is 281 g/mol. The summed E-state index contributed by atoms with van der Waals surface area (Å²) in [6.45, 7) is 0. The Morgan fingerprint density at radius 1 is 0.905 bits per heavy atom. The van der Waals surface area contributed by atoms with Crippen molar-refractivity contribution in [3.63, 3.8) is 0 Å². The summed E-state index contributed by atoms with van der Waals surface area (Å²) in [5.74, 6) is -0.597. The summed E-state index contributed by atoms with van der Waals surface area (Å²) in [5.41, 5.74) is 1.93. The van der Waals surface area contributed by atoms with Gasteiger partial charge in [-0.15, -0.1) is 0 Å². The molecule has 0 saturated heterocycles. The molecule has 0 radical (unpaired) electrons. The Balaban J connectivity index is 1.61. The molecule has 0 aromatic heterocycles. The molecule has 1 saturated carbocycles. The third-order valence-corrected chi connectivity index (χ3v) is 4.21. The van der Waals surface area contributed by atoms with Crippen molar-refractivity contribution in [2.45, 2.75) is 18.4 Å². The van der Waals surface area contributed by atoms with Gasteiger partial charge in [-0.1, -0.05) is 24.3 Å². The number of hydrogen-bond donors (Lipinski definition) is 0. The molecule has 1 heterocycles. The van der Waals surface area contributed by atoms with Gasteiger partial charge in [-0.25, -0.2) is 4.39 Å². The second kappa shape index (κ2) is 4.25. The molecule has 0 bridgehead atoms. The van der Waals surface area contributed by atoms with E-state index in [9.17, 15) is 14.0 Å². The minimum atomic E-state index is -0.281. The van der Waals surface area contributed by atoms with Crippen molar-refractivity contribution in [1.82, 2.24) is 4.90 Å². The Hall–Kier alpha value is -2.49. The summed E-state index contributed by atoms with van der Waals surface area (Å²) in [7, 11) is 0. The number of fused-ring (bicyclic) bond motifs is 1. The van der Waals surface area contributed by atoms with Crippen LogP contribution in [0.5, 0.6) is 0 Å². The second-order valence-electron chi connectivity index (χ2n) is 5.49. The van der Waals surface area contributed by atoms with E-state index in [2.05, 4.69) is 0 Å². The second-order valence-corrected chi connectivity index (χ2v) is 5.49. The van der Waals surface area contributed by atoms with Crippen molar-refractivity contribution in [3.05, 3.63) is 71.0 Å². The predicted molar refractivity (Wildman–Crippen MR) is 74.5 cm³/mol. The van der Waals surface area contributed by atoms with Crippen molar-refractivity contribution in [3.8, 4) is 0 Å². The standard InChI is InChI=1S/C17H12FNO2/c18-11-7-5-10(6-8-11)14-9-15(14)19-16(20)12-3-1-2-4-13(12)17(19)21/h1-8,14-15H,9H2/t14-,15?/m0/s1. The van der Waals surface area contributed by atoms with E-state index < -0.39 is 0 Å². The van der Waals surface area contributed by atoms with Crippen LogP contribution in [0.25, 0.3) is 0 Å². The maximum atomic E-state index is 13.0. The Kier molecular flexibility index (Phi) is 2.48. The molecule has 4 rings (SSSR count). The molecule has 2 amide bonds. The lowest BCUT2D eigenvalue weighted by atomic mass is 10.1. The van der Waals surface area contributed by atoms with Crippen molar-refractivity contribution in [2.24, 2.45) is 0 Å². The van der Waals surface area contributed by atoms with Crippen molar-refractivity contribution in [2.75, 3.05) is 0 Å². The molecule has 104 valence electrons. The molecule has 1 fully saturated rings.